The molecule has 4 aromatic rings. The molecular weight excluding hydrogens is 533 g/mol. The van der Waals surface area contributed by atoms with E-state index in [1.54, 1.807) is 30.3 Å². The third-order valence-corrected chi connectivity index (χ3v) is 5.64. The summed E-state index contributed by atoms with van der Waals surface area (Å²) >= 11 is 3.33. The van der Waals surface area contributed by atoms with Crippen LogP contribution < -0.4 is 21.6 Å². The first kappa shape index (κ1) is 24.8. The van der Waals surface area contributed by atoms with Gasteiger partial charge >= 0.3 is 5.63 Å². The van der Waals surface area contributed by atoms with Crippen molar-refractivity contribution in [2.75, 3.05) is 18.4 Å². The van der Waals surface area contributed by atoms with Gasteiger partial charge in [-0.1, -0.05) is 15.9 Å². The second-order valence-electron chi connectivity index (χ2n) is 7.68. The zero-order valence-corrected chi connectivity index (χ0v) is 20.2. The fourth-order valence-electron chi connectivity index (χ4n) is 3.31. The number of hydrogen-bond donors (Lipinski definition) is 3. The Morgan fingerprint density at radius 2 is 1.39 bits per heavy atom. The zero-order chi connectivity index (χ0) is 25.7. The van der Waals surface area contributed by atoms with E-state index in [2.05, 4.69) is 31.9 Å². The molecule has 10 heteroatoms. The normalized spacial score (nSPS) is 10.6. The van der Waals surface area contributed by atoms with Crippen LogP contribution in [0.25, 0.3) is 11.0 Å². The third kappa shape index (κ3) is 6.02. The predicted octanol–water partition coefficient (Wildman–Crippen LogP) is 4.11. The lowest BCUT2D eigenvalue weighted by atomic mass is 10.1. The van der Waals surface area contributed by atoms with Gasteiger partial charge in [-0.3, -0.25) is 14.4 Å². The van der Waals surface area contributed by atoms with E-state index in [-0.39, 0.29) is 24.6 Å². The number of rotatable bonds is 7. The fourth-order valence-corrected chi connectivity index (χ4v) is 3.69. The molecule has 8 nitrogen and oxygen atoms in total. The van der Waals surface area contributed by atoms with Crippen molar-refractivity contribution >= 4 is 50.3 Å². The lowest BCUT2D eigenvalue weighted by Gasteiger charge is -2.09. The highest BCUT2D eigenvalue weighted by Gasteiger charge is 2.14. The van der Waals surface area contributed by atoms with Gasteiger partial charge in [0.2, 0.25) is 0 Å². The first-order valence-electron chi connectivity index (χ1n) is 10.8. The van der Waals surface area contributed by atoms with Crippen LogP contribution in [0.4, 0.5) is 10.1 Å². The lowest BCUT2D eigenvalue weighted by Crippen LogP contribution is -2.36. The number of benzene rings is 3. The molecule has 0 bridgehead atoms. The van der Waals surface area contributed by atoms with Crippen LogP contribution in [0.15, 0.2) is 86.5 Å². The molecule has 3 aromatic carbocycles. The van der Waals surface area contributed by atoms with E-state index in [0.29, 0.717) is 27.8 Å². The summed E-state index contributed by atoms with van der Waals surface area (Å²) in [6.45, 7) is 0.213. The van der Waals surface area contributed by atoms with Crippen LogP contribution in [0.3, 0.4) is 0 Å². The molecule has 1 aromatic heterocycles. The molecule has 3 amide bonds. The van der Waals surface area contributed by atoms with Gasteiger partial charge in [-0.15, -0.1) is 0 Å². The van der Waals surface area contributed by atoms with Crippen molar-refractivity contribution in [3.05, 3.63) is 110 Å². The van der Waals surface area contributed by atoms with Crippen molar-refractivity contribution in [3.8, 4) is 0 Å². The van der Waals surface area contributed by atoms with Crippen molar-refractivity contribution in [2.24, 2.45) is 0 Å². The van der Waals surface area contributed by atoms with Gasteiger partial charge in [-0.05, 0) is 72.8 Å². The van der Waals surface area contributed by atoms with Crippen molar-refractivity contribution in [2.45, 2.75) is 0 Å². The van der Waals surface area contributed by atoms with E-state index in [4.69, 9.17) is 4.42 Å². The summed E-state index contributed by atoms with van der Waals surface area (Å²) < 4.78 is 19.0. The minimum atomic E-state index is -0.752. The van der Waals surface area contributed by atoms with Crippen LogP contribution in [-0.4, -0.2) is 30.8 Å². The van der Waals surface area contributed by atoms with Gasteiger partial charge in [-0.2, -0.15) is 0 Å². The van der Waals surface area contributed by atoms with Crippen LogP contribution in [0, 0.1) is 5.82 Å². The van der Waals surface area contributed by atoms with Gasteiger partial charge in [0, 0.05) is 39.8 Å². The Bertz CT molecular complexity index is 1500. The Morgan fingerprint density at radius 1 is 0.778 bits per heavy atom. The van der Waals surface area contributed by atoms with Gasteiger partial charge in [0.25, 0.3) is 17.7 Å². The molecule has 0 atom stereocenters. The summed E-state index contributed by atoms with van der Waals surface area (Å²) in [4.78, 5) is 49.1. The Morgan fingerprint density at radius 3 is 2.08 bits per heavy atom. The highest BCUT2D eigenvalue weighted by Crippen LogP contribution is 2.19. The molecule has 1 heterocycles. The largest absolute Gasteiger partial charge is 0.422 e. The fraction of sp³-hybridized carbons (Fsp3) is 0.0769. The van der Waals surface area contributed by atoms with Gasteiger partial charge in [0.1, 0.15) is 17.0 Å². The van der Waals surface area contributed by atoms with E-state index in [9.17, 15) is 23.6 Å². The summed E-state index contributed by atoms with van der Waals surface area (Å²) in [5.74, 6) is -1.83. The summed E-state index contributed by atoms with van der Waals surface area (Å²) in [6, 6.07) is 17.9. The lowest BCUT2D eigenvalue weighted by molar-refractivity contribution is 0.0925. The molecule has 0 spiro atoms. The Labute approximate surface area is 212 Å². The summed E-state index contributed by atoms with van der Waals surface area (Å²) in [5.41, 5.74) is 0.599. The summed E-state index contributed by atoms with van der Waals surface area (Å²) in [5, 5.41) is 8.51. The van der Waals surface area contributed by atoms with Crippen LogP contribution >= 0.6 is 15.9 Å². The molecule has 0 unspecified atom stereocenters. The number of carbonyl (C=O) groups excluding carboxylic acids is 3. The van der Waals surface area contributed by atoms with Crippen LogP contribution in [0.1, 0.15) is 31.1 Å². The monoisotopic (exact) mass is 551 g/mol. The molecule has 4 rings (SSSR count). The molecule has 0 radical (unpaired) electrons. The molecule has 36 heavy (non-hydrogen) atoms. The maximum atomic E-state index is 13.0. The third-order valence-electron chi connectivity index (χ3n) is 5.15. The highest BCUT2D eigenvalue weighted by atomic mass is 79.9. The highest BCUT2D eigenvalue weighted by molar-refractivity contribution is 9.10. The number of hydrogen-bond acceptors (Lipinski definition) is 5. The number of fused-ring (bicyclic) bond motifs is 1. The zero-order valence-electron chi connectivity index (χ0n) is 18.6. The van der Waals surface area contributed by atoms with E-state index in [1.807, 2.05) is 0 Å². The van der Waals surface area contributed by atoms with Gasteiger partial charge in [-0.25, -0.2) is 9.18 Å². The minimum absolute atomic E-state index is 0.0896. The molecule has 0 fully saturated rings. The first-order chi connectivity index (χ1) is 17.3. The molecule has 0 aliphatic heterocycles. The number of halogens is 2. The maximum Gasteiger partial charge on any atom is 0.349 e. The molecule has 0 aliphatic carbocycles. The van der Waals surface area contributed by atoms with Gasteiger partial charge in [0.05, 0.1) is 0 Å². The van der Waals surface area contributed by atoms with E-state index in [1.165, 1.54) is 42.5 Å². The van der Waals surface area contributed by atoms with Crippen molar-refractivity contribution in [1.29, 1.82) is 0 Å². The Kier molecular flexibility index (Phi) is 7.55. The van der Waals surface area contributed by atoms with Crippen LogP contribution in [-0.2, 0) is 0 Å². The first-order valence-corrected chi connectivity index (χ1v) is 11.6. The average Bonchev–Trinajstić information content (AvgIpc) is 2.87. The molecule has 0 aliphatic rings. The van der Waals surface area contributed by atoms with E-state index in [0.717, 1.165) is 4.47 Å². The number of carbonyl (C=O) groups is 3. The molecule has 0 saturated carbocycles. The van der Waals surface area contributed by atoms with Crippen LogP contribution in [0.2, 0.25) is 0 Å². The summed E-state index contributed by atoms with van der Waals surface area (Å²) in [6.07, 6.45) is 0. The van der Waals surface area contributed by atoms with Crippen molar-refractivity contribution in [1.82, 2.24) is 10.6 Å². The van der Waals surface area contributed by atoms with E-state index < -0.39 is 23.3 Å². The molecule has 182 valence electrons. The standard InChI is InChI=1S/C26H19BrFN3O5/c27-18-5-10-22-17(13-18)14-21(26(35)36-22)25(34)30-12-11-29-23(32)15-3-8-20(9-4-15)31-24(33)16-1-6-19(28)7-2-16/h1-10,13-14H,11-12H2,(H,29,32)(H,30,34)(H,31,33). The maximum absolute atomic E-state index is 13.0. The van der Waals surface area contributed by atoms with Crippen molar-refractivity contribution in [3.63, 3.8) is 0 Å². The number of anilines is 1. The van der Waals surface area contributed by atoms with Crippen LogP contribution in [0.5, 0.6) is 0 Å². The predicted molar refractivity (Wildman–Crippen MR) is 136 cm³/mol. The summed E-state index contributed by atoms with van der Waals surface area (Å²) in [7, 11) is 0. The second kappa shape index (κ2) is 11.0. The SMILES string of the molecule is O=C(NCCNC(=O)c1cc2cc(Br)ccc2oc1=O)c1ccc(NC(=O)c2ccc(F)cc2)cc1. The van der Waals surface area contributed by atoms with Crippen molar-refractivity contribution < 1.29 is 23.2 Å². The Hall–Kier alpha value is -4.31. The molecular formula is C26H19BrFN3O5. The molecule has 0 saturated heterocycles. The van der Waals surface area contributed by atoms with E-state index >= 15 is 0 Å². The average molecular weight is 552 g/mol. The minimum Gasteiger partial charge on any atom is -0.422 e. The quantitative estimate of drug-likeness (QED) is 0.236. The number of amides is 3. The van der Waals surface area contributed by atoms with Gasteiger partial charge < -0.3 is 20.4 Å². The molecule has 3 N–H and O–H groups in total. The Balaban J connectivity index is 1.27. The second-order valence-corrected chi connectivity index (χ2v) is 8.60. The number of nitrogens with one attached hydrogen (secondary N) is 3. The smallest absolute Gasteiger partial charge is 0.349 e. The van der Waals surface area contributed by atoms with Gasteiger partial charge in [0.15, 0.2) is 0 Å². The topological polar surface area (TPSA) is 118 Å².